The van der Waals surface area contributed by atoms with Gasteiger partial charge in [0.05, 0.1) is 11.0 Å². The molecule has 1 aliphatic rings. The van der Waals surface area contributed by atoms with Gasteiger partial charge < -0.3 is 9.84 Å². The summed E-state index contributed by atoms with van der Waals surface area (Å²) in [5, 5.41) is 20.6. The summed E-state index contributed by atoms with van der Waals surface area (Å²) in [4.78, 5) is 10.2. The van der Waals surface area contributed by atoms with E-state index in [0.717, 1.165) is 16.7 Å². The molecule has 102 valence electrons. The molecular formula is C15H13NO4. The van der Waals surface area contributed by atoms with Crippen molar-refractivity contribution < 1.29 is 14.8 Å². The van der Waals surface area contributed by atoms with E-state index in [0.29, 0.717) is 6.42 Å². The van der Waals surface area contributed by atoms with Crippen LogP contribution in [0.4, 0.5) is 5.69 Å². The number of nitrogens with zero attached hydrogens (tertiary/aromatic N) is 1. The number of fused-ring (bicyclic) bond motifs is 1. The molecule has 0 fully saturated rings. The van der Waals surface area contributed by atoms with Crippen LogP contribution in [0.25, 0.3) is 0 Å². The number of benzene rings is 2. The molecule has 0 amide bonds. The van der Waals surface area contributed by atoms with Gasteiger partial charge in [-0.25, -0.2) is 0 Å². The number of nitro groups is 1. The van der Waals surface area contributed by atoms with Gasteiger partial charge in [0.15, 0.2) is 6.29 Å². The zero-order valence-electron chi connectivity index (χ0n) is 10.6. The number of nitro benzene ring substituents is 1. The van der Waals surface area contributed by atoms with Gasteiger partial charge in [-0.15, -0.1) is 0 Å². The van der Waals surface area contributed by atoms with Crippen molar-refractivity contribution in [3.05, 3.63) is 75.3 Å². The Labute approximate surface area is 115 Å². The molecule has 2 unspecified atom stereocenters. The van der Waals surface area contributed by atoms with Gasteiger partial charge in [0.2, 0.25) is 0 Å². The summed E-state index contributed by atoms with van der Waals surface area (Å²) < 4.78 is 5.58. The van der Waals surface area contributed by atoms with E-state index in [9.17, 15) is 15.2 Å². The number of aliphatic hydroxyl groups is 1. The maximum absolute atomic E-state index is 10.6. The highest BCUT2D eigenvalue weighted by Gasteiger charge is 2.26. The number of aliphatic hydroxyl groups excluding tert-OH is 1. The quantitative estimate of drug-likeness (QED) is 0.673. The molecule has 0 spiro atoms. The molecule has 5 nitrogen and oxygen atoms in total. The van der Waals surface area contributed by atoms with Gasteiger partial charge in [-0.05, 0) is 23.3 Å². The molecule has 0 bridgehead atoms. The second-order valence-corrected chi connectivity index (χ2v) is 4.73. The lowest BCUT2D eigenvalue weighted by Crippen LogP contribution is -2.20. The summed E-state index contributed by atoms with van der Waals surface area (Å²) in [6.45, 7) is 0. The Bertz CT molecular complexity index is 639. The van der Waals surface area contributed by atoms with E-state index < -0.39 is 11.2 Å². The molecule has 2 aromatic rings. The van der Waals surface area contributed by atoms with Crippen LogP contribution in [-0.2, 0) is 11.2 Å². The lowest BCUT2D eigenvalue weighted by molar-refractivity contribution is -0.384. The average molecular weight is 271 g/mol. The lowest BCUT2D eigenvalue weighted by Gasteiger charge is -2.29. The van der Waals surface area contributed by atoms with Crippen molar-refractivity contribution in [3.63, 3.8) is 0 Å². The van der Waals surface area contributed by atoms with E-state index in [2.05, 4.69) is 0 Å². The lowest BCUT2D eigenvalue weighted by atomic mass is 9.94. The minimum absolute atomic E-state index is 0.0468. The van der Waals surface area contributed by atoms with E-state index in [-0.39, 0.29) is 11.8 Å². The van der Waals surface area contributed by atoms with Crippen molar-refractivity contribution in [3.8, 4) is 0 Å². The third-order valence-electron chi connectivity index (χ3n) is 3.50. The molecule has 0 aromatic heterocycles. The first-order valence-corrected chi connectivity index (χ1v) is 6.31. The molecule has 1 aliphatic heterocycles. The van der Waals surface area contributed by atoms with E-state index in [4.69, 9.17) is 4.74 Å². The van der Waals surface area contributed by atoms with Gasteiger partial charge in [0, 0.05) is 24.1 Å². The molecule has 0 saturated carbocycles. The number of non-ortho nitro benzene ring substituents is 1. The van der Waals surface area contributed by atoms with Crippen LogP contribution in [0.15, 0.2) is 48.5 Å². The third-order valence-corrected chi connectivity index (χ3v) is 3.50. The fourth-order valence-corrected chi connectivity index (χ4v) is 2.44. The van der Waals surface area contributed by atoms with Crippen LogP contribution in [0.1, 0.15) is 29.1 Å². The largest absolute Gasteiger partial charge is 0.364 e. The minimum atomic E-state index is -0.958. The van der Waals surface area contributed by atoms with Crippen LogP contribution >= 0.6 is 0 Å². The fourth-order valence-electron chi connectivity index (χ4n) is 2.44. The number of hydrogen-bond acceptors (Lipinski definition) is 4. The van der Waals surface area contributed by atoms with E-state index >= 15 is 0 Å². The molecule has 1 heterocycles. The van der Waals surface area contributed by atoms with Gasteiger partial charge in [0.25, 0.3) is 5.69 Å². The van der Waals surface area contributed by atoms with Crippen LogP contribution in [0.5, 0.6) is 0 Å². The SMILES string of the molecule is O=[N+]([O-])c1ccc(C2Cc3ccccc3C(O)O2)cc1. The molecule has 3 rings (SSSR count). The van der Waals surface area contributed by atoms with Gasteiger partial charge in [-0.3, -0.25) is 10.1 Å². The second kappa shape index (κ2) is 5.03. The first kappa shape index (κ1) is 12.8. The Hall–Kier alpha value is -2.24. The normalized spacial score (nSPS) is 21.2. The smallest absolute Gasteiger partial charge is 0.269 e. The Morgan fingerprint density at radius 1 is 1.15 bits per heavy atom. The van der Waals surface area contributed by atoms with E-state index in [1.807, 2.05) is 24.3 Å². The molecule has 0 saturated heterocycles. The minimum Gasteiger partial charge on any atom is -0.364 e. The first-order chi connectivity index (χ1) is 9.65. The van der Waals surface area contributed by atoms with Gasteiger partial charge in [-0.1, -0.05) is 24.3 Å². The number of rotatable bonds is 2. The average Bonchev–Trinajstić information content (AvgIpc) is 2.47. The molecule has 1 N–H and O–H groups in total. The third kappa shape index (κ3) is 2.29. The van der Waals surface area contributed by atoms with Crippen molar-refractivity contribution in [1.82, 2.24) is 0 Å². The Morgan fingerprint density at radius 3 is 2.55 bits per heavy atom. The van der Waals surface area contributed by atoms with Crippen LogP contribution in [0, 0.1) is 10.1 Å². The molecule has 20 heavy (non-hydrogen) atoms. The molecule has 0 radical (unpaired) electrons. The number of ether oxygens (including phenoxy) is 1. The first-order valence-electron chi connectivity index (χ1n) is 6.31. The summed E-state index contributed by atoms with van der Waals surface area (Å²) in [5.41, 5.74) is 2.69. The summed E-state index contributed by atoms with van der Waals surface area (Å²) in [7, 11) is 0. The van der Waals surface area contributed by atoms with Crippen LogP contribution in [0.3, 0.4) is 0 Å². The van der Waals surface area contributed by atoms with Crippen molar-refractivity contribution in [2.75, 3.05) is 0 Å². The molecular weight excluding hydrogens is 258 g/mol. The molecule has 2 aromatic carbocycles. The summed E-state index contributed by atoms with van der Waals surface area (Å²) in [6, 6.07) is 13.8. The predicted molar refractivity (Wildman–Crippen MR) is 72.0 cm³/mol. The maximum Gasteiger partial charge on any atom is 0.269 e. The van der Waals surface area contributed by atoms with Crippen molar-refractivity contribution in [2.24, 2.45) is 0 Å². The summed E-state index contributed by atoms with van der Waals surface area (Å²) in [5.74, 6) is 0. The van der Waals surface area contributed by atoms with Crippen LogP contribution in [-0.4, -0.2) is 10.0 Å². The Balaban J connectivity index is 1.88. The van der Waals surface area contributed by atoms with Crippen molar-refractivity contribution in [2.45, 2.75) is 18.8 Å². The Kier molecular flexibility index (Phi) is 3.22. The molecule has 2 atom stereocenters. The maximum atomic E-state index is 10.6. The Morgan fingerprint density at radius 2 is 1.85 bits per heavy atom. The van der Waals surface area contributed by atoms with E-state index in [1.165, 1.54) is 12.1 Å². The zero-order chi connectivity index (χ0) is 14.1. The highest BCUT2D eigenvalue weighted by atomic mass is 16.6. The monoisotopic (exact) mass is 271 g/mol. The predicted octanol–water partition coefficient (Wildman–Crippen LogP) is 2.90. The molecule has 0 aliphatic carbocycles. The summed E-state index contributed by atoms with van der Waals surface area (Å²) in [6.07, 6.45) is -0.605. The topological polar surface area (TPSA) is 72.6 Å². The second-order valence-electron chi connectivity index (χ2n) is 4.73. The highest BCUT2D eigenvalue weighted by molar-refractivity contribution is 5.36. The zero-order valence-corrected chi connectivity index (χ0v) is 10.6. The fraction of sp³-hybridized carbons (Fsp3) is 0.200. The number of hydrogen-bond donors (Lipinski definition) is 1. The highest BCUT2D eigenvalue weighted by Crippen LogP contribution is 2.36. The van der Waals surface area contributed by atoms with Crippen LogP contribution < -0.4 is 0 Å². The van der Waals surface area contributed by atoms with Gasteiger partial charge in [-0.2, -0.15) is 0 Å². The molecule has 5 heteroatoms. The van der Waals surface area contributed by atoms with Gasteiger partial charge >= 0.3 is 0 Å². The van der Waals surface area contributed by atoms with Gasteiger partial charge in [0.1, 0.15) is 0 Å². The summed E-state index contributed by atoms with van der Waals surface area (Å²) >= 11 is 0. The van der Waals surface area contributed by atoms with Crippen molar-refractivity contribution in [1.29, 1.82) is 0 Å². The van der Waals surface area contributed by atoms with Crippen molar-refractivity contribution >= 4 is 5.69 Å². The standard InChI is InChI=1S/C15H13NO4/c17-15-13-4-2-1-3-11(13)9-14(20-15)10-5-7-12(8-6-10)16(18)19/h1-8,14-15,17H,9H2. The van der Waals surface area contributed by atoms with E-state index in [1.54, 1.807) is 12.1 Å². The van der Waals surface area contributed by atoms with Crippen LogP contribution in [0.2, 0.25) is 0 Å².